The van der Waals surface area contributed by atoms with Crippen LogP contribution >= 0.6 is 0 Å². The summed E-state index contributed by atoms with van der Waals surface area (Å²) in [6, 6.07) is 13.7. The quantitative estimate of drug-likeness (QED) is 0.187. The van der Waals surface area contributed by atoms with E-state index in [1.54, 1.807) is 6.07 Å². The molecule has 0 saturated carbocycles. The highest BCUT2D eigenvalue weighted by Gasteiger charge is 2.13. The van der Waals surface area contributed by atoms with Crippen LogP contribution in [-0.2, 0) is 19.4 Å². The van der Waals surface area contributed by atoms with Gasteiger partial charge in [0, 0.05) is 5.56 Å². The summed E-state index contributed by atoms with van der Waals surface area (Å²) in [5, 5.41) is 20.1. The van der Waals surface area contributed by atoms with E-state index < -0.39 is 0 Å². The molecule has 0 aliphatic heterocycles. The normalized spacial score (nSPS) is 10.9. The first-order chi connectivity index (χ1) is 17.7. The smallest absolute Gasteiger partial charge is 0.126 e. The second-order valence-corrected chi connectivity index (χ2v) is 10.2. The fourth-order valence-electron chi connectivity index (χ4n) is 4.90. The summed E-state index contributed by atoms with van der Waals surface area (Å²) in [6.07, 6.45) is 21.7. The summed E-state index contributed by atoms with van der Waals surface area (Å²) in [7, 11) is 0. The Kier molecular flexibility index (Phi) is 15.5. The van der Waals surface area contributed by atoms with Crippen LogP contribution in [-0.4, -0.2) is 5.11 Å². The maximum atomic E-state index is 11.0. The number of benzene rings is 2. The van der Waals surface area contributed by atoms with Gasteiger partial charge in [-0.1, -0.05) is 122 Å². The second-order valence-electron chi connectivity index (χ2n) is 10.2. The van der Waals surface area contributed by atoms with Crippen LogP contribution in [0.1, 0.15) is 132 Å². The Bertz CT molecular complexity index is 899. The molecule has 0 aromatic heterocycles. The van der Waals surface area contributed by atoms with Crippen LogP contribution in [0.25, 0.3) is 0 Å². The van der Waals surface area contributed by atoms with E-state index in [1.807, 2.05) is 30.3 Å². The lowest BCUT2D eigenvalue weighted by Gasteiger charge is -2.16. The van der Waals surface area contributed by atoms with E-state index in [4.69, 9.17) is 10.00 Å². The second kappa shape index (κ2) is 18.8. The van der Waals surface area contributed by atoms with E-state index in [2.05, 4.69) is 19.9 Å². The van der Waals surface area contributed by atoms with Crippen molar-refractivity contribution >= 4 is 0 Å². The summed E-state index contributed by atoms with van der Waals surface area (Å²) >= 11 is 0. The van der Waals surface area contributed by atoms with Crippen LogP contribution in [0.4, 0.5) is 0 Å². The SMILES string of the molecule is CCCCCCCCCCCCCCCCc1ccc(OCc2cccc(C#N)c2)c(CCC)c1O. The number of nitrogens with zero attached hydrogens (tertiary/aromatic N) is 1. The van der Waals surface area contributed by atoms with Gasteiger partial charge in [-0.2, -0.15) is 5.26 Å². The van der Waals surface area contributed by atoms with Crippen molar-refractivity contribution < 1.29 is 9.84 Å². The first kappa shape index (κ1) is 29.8. The summed E-state index contributed by atoms with van der Waals surface area (Å²) in [6.45, 7) is 4.80. The lowest BCUT2D eigenvalue weighted by molar-refractivity contribution is 0.300. The number of hydrogen-bond donors (Lipinski definition) is 1. The van der Waals surface area contributed by atoms with E-state index in [1.165, 1.54) is 83.5 Å². The van der Waals surface area contributed by atoms with Crippen molar-refractivity contribution in [2.75, 3.05) is 0 Å². The monoisotopic (exact) mass is 491 g/mol. The first-order valence-corrected chi connectivity index (χ1v) is 14.6. The summed E-state index contributed by atoms with van der Waals surface area (Å²) < 4.78 is 6.07. The van der Waals surface area contributed by atoms with Crippen molar-refractivity contribution in [2.24, 2.45) is 0 Å². The van der Waals surface area contributed by atoms with Crippen LogP contribution < -0.4 is 4.74 Å². The van der Waals surface area contributed by atoms with Gasteiger partial charge < -0.3 is 9.84 Å². The Balaban J connectivity index is 1.67. The average molecular weight is 492 g/mol. The summed E-state index contributed by atoms with van der Waals surface area (Å²) in [4.78, 5) is 0. The van der Waals surface area contributed by atoms with Gasteiger partial charge in [-0.3, -0.25) is 0 Å². The third-order valence-electron chi connectivity index (χ3n) is 7.07. The molecule has 0 unspecified atom stereocenters. The molecule has 0 amide bonds. The Morgan fingerprint density at radius 3 is 1.92 bits per heavy atom. The van der Waals surface area contributed by atoms with Crippen molar-refractivity contribution in [2.45, 2.75) is 130 Å². The number of nitriles is 1. The Hall–Kier alpha value is -2.47. The number of hydrogen-bond acceptors (Lipinski definition) is 3. The standard InChI is InChI=1S/C33H49NO2/c1-3-5-6-7-8-9-10-11-12-13-14-15-16-17-22-30-23-24-32(31(19-4-2)33(30)35)36-27-29-21-18-20-28(25-29)26-34/h18,20-21,23-25,35H,3-17,19,22,27H2,1-2H3. The van der Waals surface area contributed by atoms with Crippen molar-refractivity contribution in [1.82, 2.24) is 0 Å². The lowest BCUT2D eigenvalue weighted by Crippen LogP contribution is -2.01. The minimum Gasteiger partial charge on any atom is -0.507 e. The number of ether oxygens (including phenoxy) is 1. The van der Waals surface area contributed by atoms with Crippen molar-refractivity contribution in [1.29, 1.82) is 5.26 Å². The first-order valence-electron chi connectivity index (χ1n) is 14.6. The minimum atomic E-state index is 0.393. The highest BCUT2D eigenvalue weighted by molar-refractivity contribution is 5.49. The number of unbranched alkanes of at least 4 members (excludes halogenated alkanes) is 13. The van der Waals surface area contributed by atoms with Gasteiger partial charge in [-0.05, 0) is 48.6 Å². The van der Waals surface area contributed by atoms with Crippen molar-refractivity contribution in [3.63, 3.8) is 0 Å². The highest BCUT2D eigenvalue weighted by Crippen LogP contribution is 2.34. The van der Waals surface area contributed by atoms with Crippen LogP contribution in [0, 0.1) is 11.3 Å². The zero-order chi connectivity index (χ0) is 25.8. The molecule has 0 aliphatic rings. The van der Waals surface area contributed by atoms with E-state index >= 15 is 0 Å². The number of phenolic OH excluding ortho intramolecular Hbond substituents is 1. The van der Waals surface area contributed by atoms with Gasteiger partial charge in [0.15, 0.2) is 0 Å². The van der Waals surface area contributed by atoms with E-state index in [9.17, 15) is 5.11 Å². The van der Waals surface area contributed by atoms with Gasteiger partial charge in [0.1, 0.15) is 18.1 Å². The number of aromatic hydroxyl groups is 1. The predicted octanol–water partition coefficient (Wildman–Crippen LogP) is 9.82. The van der Waals surface area contributed by atoms with E-state index in [0.717, 1.165) is 48.1 Å². The van der Waals surface area contributed by atoms with Gasteiger partial charge in [-0.25, -0.2) is 0 Å². The molecule has 3 heteroatoms. The lowest BCUT2D eigenvalue weighted by atomic mass is 9.98. The van der Waals surface area contributed by atoms with E-state index in [0.29, 0.717) is 17.9 Å². The fraction of sp³-hybridized carbons (Fsp3) is 0.606. The third kappa shape index (κ3) is 11.5. The maximum absolute atomic E-state index is 11.0. The largest absolute Gasteiger partial charge is 0.507 e. The molecule has 0 saturated heterocycles. The topological polar surface area (TPSA) is 53.2 Å². The molecule has 0 heterocycles. The van der Waals surface area contributed by atoms with E-state index in [-0.39, 0.29) is 0 Å². The van der Waals surface area contributed by atoms with Gasteiger partial charge in [-0.15, -0.1) is 0 Å². The van der Waals surface area contributed by atoms with Gasteiger partial charge >= 0.3 is 0 Å². The fourth-order valence-corrected chi connectivity index (χ4v) is 4.90. The minimum absolute atomic E-state index is 0.393. The Labute approximate surface area is 220 Å². The van der Waals surface area contributed by atoms with Crippen LogP contribution in [0.3, 0.4) is 0 Å². The third-order valence-corrected chi connectivity index (χ3v) is 7.07. The van der Waals surface area contributed by atoms with Gasteiger partial charge in [0.05, 0.1) is 11.6 Å². The molecule has 0 fully saturated rings. The molecule has 1 N–H and O–H groups in total. The number of phenols is 1. The molecule has 0 aliphatic carbocycles. The van der Waals surface area contributed by atoms with Gasteiger partial charge in [0.25, 0.3) is 0 Å². The molecule has 36 heavy (non-hydrogen) atoms. The Morgan fingerprint density at radius 2 is 1.33 bits per heavy atom. The zero-order valence-electron chi connectivity index (χ0n) is 23.0. The highest BCUT2D eigenvalue weighted by atomic mass is 16.5. The zero-order valence-corrected chi connectivity index (χ0v) is 23.0. The molecule has 0 radical (unpaired) electrons. The molecular formula is C33H49NO2. The molecule has 2 aromatic carbocycles. The van der Waals surface area contributed by atoms with Gasteiger partial charge in [0.2, 0.25) is 0 Å². The number of rotatable bonds is 20. The molecule has 0 bridgehead atoms. The molecule has 3 nitrogen and oxygen atoms in total. The van der Waals surface area contributed by atoms with Crippen LogP contribution in [0.5, 0.6) is 11.5 Å². The predicted molar refractivity (Wildman–Crippen MR) is 152 cm³/mol. The van der Waals surface area contributed by atoms with Crippen molar-refractivity contribution in [3.05, 3.63) is 58.7 Å². The van der Waals surface area contributed by atoms with Crippen molar-refractivity contribution in [3.8, 4) is 17.6 Å². The van der Waals surface area contributed by atoms with Crippen LogP contribution in [0.2, 0.25) is 0 Å². The summed E-state index contributed by atoms with van der Waals surface area (Å²) in [5.41, 5.74) is 3.55. The molecular weight excluding hydrogens is 442 g/mol. The van der Waals surface area contributed by atoms with Crippen LogP contribution in [0.15, 0.2) is 36.4 Å². The number of aryl methyl sites for hydroxylation is 1. The molecule has 2 rings (SSSR count). The molecule has 2 aromatic rings. The summed E-state index contributed by atoms with van der Waals surface area (Å²) in [5.74, 6) is 1.16. The molecule has 0 atom stereocenters. The average Bonchev–Trinajstić information content (AvgIpc) is 2.90. The molecule has 198 valence electrons. The Morgan fingerprint density at radius 1 is 0.722 bits per heavy atom. The maximum Gasteiger partial charge on any atom is 0.126 e. The molecule has 0 spiro atoms.